The van der Waals surface area contributed by atoms with Gasteiger partial charge in [0.2, 0.25) is 0 Å². The van der Waals surface area contributed by atoms with Crippen LogP contribution in [0.3, 0.4) is 0 Å². The third kappa shape index (κ3) is 3.06. The molecule has 0 aliphatic heterocycles. The van der Waals surface area contributed by atoms with Crippen molar-refractivity contribution in [3.63, 3.8) is 0 Å². The van der Waals surface area contributed by atoms with Crippen molar-refractivity contribution < 1.29 is 4.52 Å². The summed E-state index contributed by atoms with van der Waals surface area (Å²) in [5.74, 6) is 1.03. The summed E-state index contributed by atoms with van der Waals surface area (Å²) < 4.78 is 5.31. The largest absolute Gasteiger partial charge is 0.361 e. The second-order valence-electron chi connectivity index (χ2n) is 3.93. The van der Waals surface area contributed by atoms with Gasteiger partial charge in [0.25, 0.3) is 0 Å². The van der Waals surface area contributed by atoms with Crippen LogP contribution in [-0.2, 0) is 19.4 Å². The summed E-state index contributed by atoms with van der Waals surface area (Å²) >= 11 is 0. The zero-order chi connectivity index (χ0) is 11.3. The molecule has 1 atom stereocenters. The van der Waals surface area contributed by atoms with Gasteiger partial charge in [-0.1, -0.05) is 25.9 Å². The van der Waals surface area contributed by atoms with Crippen LogP contribution in [0.25, 0.3) is 0 Å². The third-order valence-corrected chi connectivity index (χ3v) is 2.85. The van der Waals surface area contributed by atoms with Gasteiger partial charge in [-0.05, 0) is 19.8 Å². The Morgan fingerprint density at radius 3 is 2.53 bits per heavy atom. The molecule has 15 heavy (non-hydrogen) atoms. The van der Waals surface area contributed by atoms with E-state index in [4.69, 9.17) is 4.52 Å². The normalized spacial score (nSPS) is 13.1. The molecule has 0 radical (unpaired) electrons. The monoisotopic (exact) mass is 210 g/mol. The molecular weight excluding hydrogens is 188 g/mol. The summed E-state index contributed by atoms with van der Waals surface area (Å²) in [6.07, 6.45) is 3.01. The summed E-state index contributed by atoms with van der Waals surface area (Å²) in [6.45, 7) is 9.49. The number of rotatable bonds is 6. The van der Waals surface area contributed by atoms with Crippen LogP contribution in [0.5, 0.6) is 0 Å². The Morgan fingerprint density at radius 2 is 2.00 bits per heavy atom. The van der Waals surface area contributed by atoms with Crippen LogP contribution in [0.2, 0.25) is 0 Å². The molecule has 0 aliphatic carbocycles. The molecule has 3 heteroatoms. The molecule has 1 aromatic rings. The van der Waals surface area contributed by atoms with Crippen molar-refractivity contribution in [2.75, 3.05) is 0 Å². The van der Waals surface area contributed by atoms with Gasteiger partial charge in [0.15, 0.2) is 0 Å². The molecule has 3 nitrogen and oxygen atoms in total. The highest BCUT2D eigenvalue weighted by atomic mass is 16.5. The van der Waals surface area contributed by atoms with Crippen LogP contribution >= 0.6 is 0 Å². The predicted molar refractivity (Wildman–Crippen MR) is 61.9 cm³/mol. The quantitative estimate of drug-likeness (QED) is 0.784. The van der Waals surface area contributed by atoms with Crippen LogP contribution < -0.4 is 5.32 Å². The average Bonchev–Trinajstić information content (AvgIpc) is 2.67. The summed E-state index contributed by atoms with van der Waals surface area (Å²) in [6, 6.07) is 0.550. The van der Waals surface area contributed by atoms with Crippen molar-refractivity contribution in [3.8, 4) is 0 Å². The van der Waals surface area contributed by atoms with Gasteiger partial charge >= 0.3 is 0 Å². The number of aromatic nitrogens is 1. The maximum Gasteiger partial charge on any atom is 0.141 e. The lowest BCUT2D eigenvalue weighted by Crippen LogP contribution is -2.25. The Morgan fingerprint density at radius 1 is 1.27 bits per heavy atom. The lowest BCUT2D eigenvalue weighted by atomic mass is 10.1. The van der Waals surface area contributed by atoms with Crippen LogP contribution in [0, 0.1) is 0 Å². The fourth-order valence-electron chi connectivity index (χ4n) is 1.56. The van der Waals surface area contributed by atoms with Gasteiger partial charge in [-0.2, -0.15) is 0 Å². The SMILES string of the molecule is CCc1noc(CC)c1CNC(C)CC. The van der Waals surface area contributed by atoms with E-state index in [0.717, 1.165) is 37.3 Å². The van der Waals surface area contributed by atoms with Gasteiger partial charge < -0.3 is 9.84 Å². The highest BCUT2D eigenvalue weighted by Crippen LogP contribution is 2.15. The first-order valence-corrected chi connectivity index (χ1v) is 5.92. The second kappa shape index (κ2) is 5.91. The molecule has 0 saturated heterocycles. The van der Waals surface area contributed by atoms with E-state index in [9.17, 15) is 0 Å². The van der Waals surface area contributed by atoms with Crippen molar-refractivity contribution in [3.05, 3.63) is 17.0 Å². The molecule has 1 aromatic heterocycles. The topological polar surface area (TPSA) is 38.1 Å². The minimum atomic E-state index is 0.550. The van der Waals surface area contributed by atoms with E-state index < -0.39 is 0 Å². The molecule has 0 bridgehead atoms. The summed E-state index contributed by atoms with van der Waals surface area (Å²) in [7, 11) is 0. The van der Waals surface area contributed by atoms with Crippen molar-refractivity contribution in [2.45, 2.75) is 59.5 Å². The molecule has 0 aliphatic rings. The van der Waals surface area contributed by atoms with Gasteiger partial charge in [0, 0.05) is 24.6 Å². The number of nitrogens with zero attached hydrogens (tertiary/aromatic N) is 1. The molecule has 0 spiro atoms. The Bertz CT molecular complexity index is 272. The zero-order valence-corrected chi connectivity index (χ0v) is 10.3. The van der Waals surface area contributed by atoms with E-state index in [1.54, 1.807) is 0 Å². The zero-order valence-electron chi connectivity index (χ0n) is 10.3. The van der Waals surface area contributed by atoms with Crippen molar-refractivity contribution in [2.24, 2.45) is 0 Å². The Kier molecular flexibility index (Phi) is 4.82. The van der Waals surface area contributed by atoms with Crippen LogP contribution in [0.1, 0.15) is 51.1 Å². The predicted octanol–water partition coefficient (Wildman–Crippen LogP) is 2.69. The molecular formula is C12H22N2O. The first-order chi connectivity index (χ1) is 7.22. The van der Waals surface area contributed by atoms with Crippen LogP contribution in [-0.4, -0.2) is 11.2 Å². The summed E-state index contributed by atoms with van der Waals surface area (Å²) in [5.41, 5.74) is 2.36. The molecule has 0 fully saturated rings. The lowest BCUT2D eigenvalue weighted by Gasteiger charge is -2.11. The molecule has 1 N–H and O–H groups in total. The lowest BCUT2D eigenvalue weighted by molar-refractivity contribution is 0.379. The molecule has 0 saturated carbocycles. The second-order valence-corrected chi connectivity index (χ2v) is 3.93. The fourth-order valence-corrected chi connectivity index (χ4v) is 1.56. The number of hydrogen-bond acceptors (Lipinski definition) is 3. The standard InChI is InChI=1S/C12H22N2O/c1-5-9(4)13-8-10-11(6-2)14-15-12(10)7-3/h9,13H,5-8H2,1-4H3. The van der Waals surface area contributed by atoms with E-state index in [-0.39, 0.29) is 0 Å². The van der Waals surface area contributed by atoms with E-state index in [2.05, 4.69) is 38.2 Å². The fraction of sp³-hybridized carbons (Fsp3) is 0.750. The van der Waals surface area contributed by atoms with E-state index >= 15 is 0 Å². The molecule has 1 rings (SSSR count). The Labute approximate surface area is 92.2 Å². The summed E-state index contributed by atoms with van der Waals surface area (Å²) in [4.78, 5) is 0. The molecule has 1 heterocycles. The van der Waals surface area contributed by atoms with Gasteiger partial charge in [0.1, 0.15) is 5.76 Å². The number of aryl methyl sites for hydroxylation is 2. The van der Waals surface area contributed by atoms with E-state index in [1.165, 1.54) is 5.56 Å². The minimum absolute atomic E-state index is 0.550. The Hall–Kier alpha value is -0.830. The first kappa shape index (κ1) is 12.2. The molecule has 0 amide bonds. The molecule has 1 unspecified atom stereocenters. The third-order valence-electron chi connectivity index (χ3n) is 2.85. The highest BCUT2D eigenvalue weighted by molar-refractivity contribution is 5.23. The van der Waals surface area contributed by atoms with Crippen molar-refractivity contribution >= 4 is 0 Å². The number of hydrogen-bond donors (Lipinski definition) is 1. The smallest absolute Gasteiger partial charge is 0.141 e. The van der Waals surface area contributed by atoms with Crippen molar-refractivity contribution in [1.82, 2.24) is 10.5 Å². The van der Waals surface area contributed by atoms with E-state index in [1.807, 2.05) is 0 Å². The first-order valence-electron chi connectivity index (χ1n) is 5.92. The highest BCUT2D eigenvalue weighted by Gasteiger charge is 2.13. The van der Waals surface area contributed by atoms with Crippen LogP contribution in [0.15, 0.2) is 4.52 Å². The van der Waals surface area contributed by atoms with Gasteiger partial charge in [-0.15, -0.1) is 0 Å². The minimum Gasteiger partial charge on any atom is -0.361 e. The average molecular weight is 210 g/mol. The van der Waals surface area contributed by atoms with Gasteiger partial charge in [0.05, 0.1) is 5.69 Å². The maximum absolute atomic E-state index is 5.31. The van der Waals surface area contributed by atoms with Crippen molar-refractivity contribution in [1.29, 1.82) is 0 Å². The van der Waals surface area contributed by atoms with Gasteiger partial charge in [-0.25, -0.2) is 0 Å². The molecule has 86 valence electrons. The Balaban J connectivity index is 2.68. The van der Waals surface area contributed by atoms with Crippen LogP contribution in [0.4, 0.5) is 0 Å². The van der Waals surface area contributed by atoms with Gasteiger partial charge in [-0.3, -0.25) is 0 Å². The number of nitrogens with one attached hydrogen (secondary N) is 1. The molecule has 0 aromatic carbocycles. The maximum atomic E-state index is 5.31. The summed E-state index contributed by atoms with van der Waals surface area (Å²) in [5, 5.41) is 7.58. The van der Waals surface area contributed by atoms with E-state index in [0.29, 0.717) is 6.04 Å².